The molecule has 0 aliphatic carbocycles. The predicted molar refractivity (Wildman–Crippen MR) is 61.5 cm³/mol. The summed E-state index contributed by atoms with van der Waals surface area (Å²) in [6.45, 7) is -0.0213. The van der Waals surface area contributed by atoms with Crippen LogP contribution in [0, 0.1) is 0 Å². The van der Waals surface area contributed by atoms with Gasteiger partial charge in [0.2, 0.25) is 0 Å². The predicted octanol–water partition coefficient (Wildman–Crippen LogP) is 0.862. The van der Waals surface area contributed by atoms with E-state index in [2.05, 4.69) is 10.1 Å². The summed E-state index contributed by atoms with van der Waals surface area (Å²) < 4.78 is 10.2. The van der Waals surface area contributed by atoms with Gasteiger partial charge >= 0.3 is 0 Å². The second kappa shape index (κ2) is 4.84. The molecule has 0 saturated heterocycles. The fourth-order valence-electron chi connectivity index (χ4n) is 1.41. The van der Waals surface area contributed by atoms with Crippen molar-refractivity contribution in [2.75, 3.05) is 19.5 Å². The molecule has 0 aliphatic rings. The number of nitrogens with zero attached hydrogens (tertiary/aromatic N) is 2. The number of aromatic nitrogens is 2. The number of methoxy groups -OCH3 is 1. The van der Waals surface area contributed by atoms with E-state index in [1.54, 1.807) is 25.3 Å². The Kier molecular flexibility index (Phi) is 3.24. The highest BCUT2D eigenvalue weighted by atomic mass is 16.5. The zero-order valence-electron chi connectivity index (χ0n) is 9.38. The van der Waals surface area contributed by atoms with Crippen molar-refractivity contribution in [3.63, 3.8) is 0 Å². The molecular formula is C11H13N3O3. The minimum absolute atomic E-state index is 0.0213. The van der Waals surface area contributed by atoms with Crippen LogP contribution in [0.2, 0.25) is 0 Å². The maximum Gasteiger partial charge on any atom is 0.260 e. The zero-order chi connectivity index (χ0) is 12.3. The highest BCUT2D eigenvalue weighted by Gasteiger charge is 2.12. The van der Waals surface area contributed by atoms with Crippen LogP contribution in [0.3, 0.4) is 0 Å². The average molecular weight is 235 g/mol. The fourth-order valence-corrected chi connectivity index (χ4v) is 1.41. The first kappa shape index (κ1) is 11.4. The van der Waals surface area contributed by atoms with Gasteiger partial charge in [-0.3, -0.25) is 0 Å². The van der Waals surface area contributed by atoms with Crippen LogP contribution in [0.5, 0.6) is 5.75 Å². The van der Waals surface area contributed by atoms with Crippen LogP contribution in [0.15, 0.2) is 22.7 Å². The third-order valence-corrected chi connectivity index (χ3v) is 2.29. The number of rotatable bonds is 4. The number of benzene rings is 1. The summed E-state index contributed by atoms with van der Waals surface area (Å²) >= 11 is 0. The summed E-state index contributed by atoms with van der Waals surface area (Å²) in [5, 5.41) is 12.5. The van der Waals surface area contributed by atoms with E-state index < -0.39 is 0 Å². The Morgan fingerprint density at radius 3 is 3.00 bits per heavy atom. The molecule has 0 spiro atoms. The number of nitrogens with two attached hydrogens (primary N) is 1. The standard InChI is InChI=1S/C11H13N3O3/c1-16-7-2-3-9(12)8(6-7)11-13-10(4-5-15)14-17-11/h2-3,6,15H,4-5,12H2,1H3. The quantitative estimate of drug-likeness (QED) is 0.763. The van der Waals surface area contributed by atoms with Crippen molar-refractivity contribution < 1.29 is 14.4 Å². The zero-order valence-corrected chi connectivity index (χ0v) is 9.38. The van der Waals surface area contributed by atoms with Crippen molar-refractivity contribution in [2.24, 2.45) is 0 Å². The first-order chi connectivity index (χ1) is 8.24. The molecule has 0 fully saturated rings. The largest absolute Gasteiger partial charge is 0.497 e. The van der Waals surface area contributed by atoms with Gasteiger partial charge in [0.15, 0.2) is 5.82 Å². The van der Waals surface area contributed by atoms with E-state index in [-0.39, 0.29) is 6.61 Å². The van der Waals surface area contributed by atoms with Gasteiger partial charge in [-0.2, -0.15) is 4.98 Å². The Bertz CT molecular complexity index is 510. The van der Waals surface area contributed by atoms with Gasteiger partial charge in [0.05, 0.1) is 19.3 Å². The van der Waals surface area contributed by atoms with Crippen LogP contribution in [0.4, 0.5) is 5.69 Å². The molecule has 1 heterocycles. The van der Waals surface area contributed by atoms with E-state index in [1.165, 1.54) is 0 Å². The van der Waals surface area contributed by atoms with Gasteiger partial charge in [-0.15, -0.1) is 0 Å². The normalized spacial score (nSPS) is 10.5. The van der Waals surface area contributed by atoms with Crippen molar-refractivity contribution in [3.05, 3.63) is 24.0 Å². The van der Waals surface area contributed by atoms with E-state index in [4.69, 9.17) is 20.1 Å². The SMILES string of the molecule is COc1ccc(N)c(-c2nc(CCO)no2)c1. The molecule has 2 rings (SSSR count). The number of nitrogen functional groups attached to an aromatic ring is 1. The minimum atomic E-state index is -0.0213. The summed E-state index contributed by atoms with van der Waals surface area (Å²) in [6, 6.07) is 5.19. The van der Waals surface area contributed by atoms with Gasteiger partial charge < -0.3 is 20.1 Å². The van der Waals surface area contributed by atoms with E-state index in [0.717, 1.165) is 0 Å². The number of anilines is 1. The van der Waals surface area contributed by atoms with Crippen molar-refractivity contribution in [1.29, 1.82) is 0 Å². The Morgan fingerprint density at radius 1 is 1.47 bits per heavy atom. The van der Waals surface area contributed by atoms with Crippen LogP contribution >= 0.6 is 0 Å². The molecule has 17 heavy (non-hydrogen) atoms. The van der Waals surface area contributed by atoms with Crippen molar-refractivity contribution in [3.8, 4) is 17.2 Å². The molecule has 0 atom stereocenters. The van der Waals surface area contributed by atoms with Gasteiger partial charge in [-0.1, -0.05) is 5.16 Å². The molecule has 0 amide bonds. The lowest BCUT2D eigenvalue weighted by Crippen LogP contribution is -1.94. The maximum absolute atomic E-state index is 8.77. The van der Waals surface area contributed by atoms with E-state index in [1.807, 2.05) is 0 Å². The van der Waals surface area contributed by atoms with Crippen LogP contribution in [0.25, 0.3) is 11.5 Å². The third kappa shape index (κ3) is 2.36. The molecule has 0 unspecified atom stereocenters. The lowest BCUT2D eigenvalue weighted by Gasteiger charge is -2.03. The summed E-state index contributed by atoms with van der Waals surface area (Å²) in [7, 11) is 1.57. The number of aliphatic hydroxyl groups is 1. The van der Waals surface area contributed by atoms with Crippen LogP contribution in [-0.2, 0) is 6.42 Å². The van der Waals surface area contributed by atoms with E-state index in [9.17, 15) is 0 Å². The Balaban J connectivity index is 2.37. The van der Waals surface area contributed by atoms with Gasteiger partial charge in [0, 0.05) is 12.1 Å². The smallest absolute Gasteiger partial charge is 0.260 e. The summed E-state index contributed by atoms with van der Waals surface area (Å²) in [5.74, 6) is 1.44. The van der Waals surface area contributed by atoms with Crippen molar-refractivity contribution in [2.45, 2.75) is 6.42 Å². The second-order valence-electron chi connectivity index (χ2n) is 3.44. The number of hydrogen-bond acceptors (Lipinski definition) is 6. The number of hydrogen-bond donors (Lipinski definition) is 2. The number of aliphatic hydroxyl groups excluding tert-OH is 1. The molecule has 6 nitrogen and oxygen atoms in total. The maximum atomic E-state index is 8.77. The van der Waals surface area contributed by atoms with Gasteiger partial charge in [0.25, 0.3) is 5.89 Å². The Labute approximate surface area is 98.0 Å². The van der Waals surface area contributed by atoms with Crippen LogP contribution in [-0.4, -0.2) is 29.0 Å². The fraction of sp³-hybridized carbons (Fsp3) is 0.273. The molecule has 0 radical (unpaired) electrons. The Hall–Kier alpha value is -2.08. The van der Waals surface area contributed by atoms with Gasteiger partial charge in [-0.05, 0) is 18.2 Å². The molecule has 0 saturated carbocycles. The molecule has 1 aromatic heterocycles. The monoisotopic (exact) mass is 235 g/mol. The van der Waals surface area contributed by atoms with Crippen LogP contribution < -0.4 is 10.5 Å². The lowest BCUT2D eigenvalue weighted by atomic mass is 10.1. The molecular weight excluding hydrogens is 222 g/mol. The first-order valence-electron chi connectivity index (χ1n) is 5.12. The summed E-state index contributed by atoms with van der Waals surface area (Å²) in [4.78, 5) is 4.13. The molecule has 0 bridgehead atoms. The summed E-state index contributed by atoms with van der Waals surface area (Å²) in [5.41, 5.74) is 6.99. The molecule has 2 aromatic rings. The van der Waals surface area contributed by atoms with Crippen molar-refractivity contribution >= 4 is 5.69 Å². The molecule has 1 aromatic carbocycles. The lowest BCUT2D eigenvalue weighted by molar-refractivity contribution is 0.293. The molecule has 3 N–H and O–H groups in total. The van der Waals surface area contributed by atoms with Gasteiger partial charge in [0.1, 0.15) is 5.75 Å². The third-order valence-electron chi connectivity index (χ3n) is 2.29. The summed E-state index contributed by atoms with van der Waals surface area (Å²) in [6.07, 6.45) is 0.355. The highest BCUT2D eigenvalue weighted by molar-refractivity contribution is 5.72. The first-order valence-corrected chi connectivity index (χ1v) is 5.12. The van der Waals surface area contributed by atoms with Crippen molar-refractivity contribution in [1.82, 2.24) is 10.1 Å². The van der Waals surface area contributed by atoms with Crippen LogP contribution in [0.1, 0.15) is 5.82 Å². The van der Waals surface area contributed by atoms with Gasteiger partial charge in [-0.25, -0.2) is 0 Å². The average Bonchev–Trinajstić information content (AvgIpc) is 2.79. The minimum Gasteiger partial charge on any atom is -0.497 e. The Morgan fingerprint density at radius 2 is 2.29 bits per heavy atom. The second-order valence-corrected chi connectivity index (χ2v) is 3.44. The van der Waals surface area contributed by atoms with E-state index >= 15 is 0 Å². The molecule has 0 aliphatic heterocycles. The number of ether oxygens (including phenoxy) is 1. The topological polar surface area (TPSA) is 94.4 Å². The molecule has 6 heteroatoms. The highest BCUT2D eigenvalue weighted by Crippen LogP contribution is 2.28. The van der Waals surface area contributed by atoms with E-state index in [0.29, 0.717) is 35.1 Å². The molecule has 90 valence electrons.